The van der Waals surface area contributed by atoms with Crippen molar-refractivity contribution < 1.29 is 14.3 Å². The van der Waals surface area contributed by atoms with Crippen molar-refractivity contribution >= 4 is 5.91 Å². The van der Waals surface area contributed by atoms with Crippen LogP contribution in [0, 0.1) is 5.82 Å². The maximum atomic E-state index is 13.5. The highest BCUT2D eigenvalue weighted by Crippen LogP contribution is 2.24. The molecule has 1 aromatic rings. The summed E-state index contributed by atoms with van der Waals surface area (Å²) in [6.45, 7) is 2.19. The Labute approximate surface area is 143 Å². The topological polar surface area (TPSA) is 47.0 Å². The number of carbonyl (C=O) groups excluding carboxylic acids is 1. The van der Waals surface area contributed by atoms with Crippen LogP contribution in [-0.4, -0.2) is 79.1 Å². The minimum Gasteiger partial charge on any atom is -0.395 e. The summed E-state index contributed by atoms with van der Waals surface area (Å²) in [5, 5.41) is 9.05. The predicted molar refractivity (Wildman–Crippen MR) is 92.1 cm³/mol. The molecule has 2 rings (SSSR count). The van der Waals surface area contributed by atoms with E-state index in [-0.39, 0.29) is 18.3 Å². The number of likely N-dealkylation sites (tertiary alicyclic amines) is 1. The van der Waals surface area contributed by atoms with Crippen LogP contribution in [0.4, 0.5) is 4.39 Å². The van der Waals surface area contributed by atoms with E-state index < -0.39 is 6.04 Å². The number of hydrogen-bond donors (Lipinski definition) is 1. The normalized spacial score (nSPS) is 17.5. The number of nitrogens with zero attached hydrogens (tertiary/aromatic N) is 3. The molecular formula is C18H28FN3O2. The standard InChI is InChI=1S/C18H28FN3O2/c1-20(2)17(14-5-4-6-15(19)13-14)18(24)22-9-7-16(8-10-22)21(3)11-12-23/h4-6,13,16-17,23H,7-12H2,1-3H3/t17-/m1/s1. The first-order valence-electron chi connectivity index (χ1n) is 8.45. The van der Waals surface area contributed by atoms with Crippen molar-refractivity contribution in [1.29, 1.82) is 0 Å². The van der Waals surface area contributed by atoms with E-state index in [1.165, 1.54) is 12.1 Å². The van der Waals surface area contributed by atoms with Crippen LogP contribution in [0.5, 0.6) is 0 Å². The van der Waals surface area contributed by atoms with Gasteiger partial charge in [0.05, 0.1) is 6.61 Å². The molecule has 1 N–H and O–H groups in total. The summed E-state index contributed by atoms with van der Waals surface area (Å²) < 4.78 is 13.5. The molecule has 0 unspecified atom stereocenters. The molecular weight excluding hydrogens is 309 g/mol. The number of hydrogen-bond acceptors (Lipinski definition) is 4. The van der Waals surface area contributed by atoms with Crippen molar-refractivity contribution in [3.8, 4) is 0 Å². The van der Waals surface area contributed by atoms with E-state index in [1.807, 2.05) is 30.9 Å². The zero-order chi connectivity index (χ0) is 17.7. The van der Waals surface area contributed by atoms with Gasteiger partial charge in [-0.3, -0.25) is 9.69 Å². The minimum absolute atomic E-state index is 0.0221. The highest BCUT2D eigenvalue weighted by molar-refractivity contribution is 5.83. The molecule has 0 aliphatic carbocycles. The van der Waals surface area contributed by atoms with Gasteiger partial charge in [0.15, 0.2) is 0 Å². The first-order valence-corrected chi connectivity index (χ1v) is 8.45. The quantitative estimate of drug-likeness (QED) is 0.851. The van der Waals surface area contributed by atoms with Crippen LogP contribution in [0.1, 0.15) is 24.4 Å². The Morgan fingerprint density at radius 2 is 2.00 bits per heavy atom. The van der Waals surface area contributed by atoms with E-state index in [0.717, 1.165) is 12.8 Å². The highest BCUT2D eigenvalue weighted by Gasteiger charge is 2.31. The number of amides is 1. The van der Waals surface area contributed by atoms with Gasteiger partial charge in [0.1, 0.15) is 11.9 Å². The lowest BCUT2D eigenvalue weighted by atomic mass is 10.00. The molecule has 1 saturated heterocycles. The summed E-state index contributed by atoms with van der Waals surface area (Å²) in [5.41, 5.74) is 0.685. The van der Waals surface area contributed by atoms with Gasteiger partial charge in [-0.25, -0.2) is 4.39 Å². The fourth-order valence-electron chi connectivity index (χ4n) is 3.38. The number of aliphatic hydroxyl groups is 1. The van der Waals surface area contributed by atoms with Crippen molar-refractivity contribution in [1.82, 2.24) is 14.7 Å². The van der Waals surface area contributed by atoms with Gasteiger partial charge in [-0.1, -0.05) is 12.1 Å². The van der Waals surface area contributed by atoms with E-state index in [1.54, 1.807) is 12.1 Å². The Bertz CT molecular complexity index is 545. The Morgan fingerprint density at radius 3 is 2.54 bits per heavy atom. The van der Waals surface area contributed by atoms with Crippen LogP contribution < -0.4 is 0 Å². The SMILES string of the molecule is CN(CCO)C1CCN(C(=O)[C@@H](c2cccc(F)c2)N(C)C)CC1. The molecule has 0 bridgehead atoms. The van der Waals surface area contributed by atoms with Crippen molar-refractivity contribution in [2.45, 2.75) is 24.9 Å². The molecule has 1 atom stereocenters. The maximum absolute atomic E-state index is 13.5. The zero-order valence-electron chi connectivity index (χ0n) is 14.8. The summed E-state index contributed by atoms with van der Waals surface area (Å²) in [5.74, 6) is -0.301. The second-order valence-electron chi connectivity index (χ2n) is 6.68. The number of likely N-dealkylation sites (N-methyl/N-ethyl adjacent to an activating group) is 2. The average molecular weight is 337 g/mol. The third-order valence-electron chi connectivity index (χ3n) is 4.77. The van der Waals surface area contributed by atoms with Crippen LogP contribution >= 0.6 is 0 Å². The van der Waals surface area contributed by atoms with Crippen molar-refractivity contribution in [2.75, 3.05) is 47.4 Å². The Hall–Kier alpha value is -1.50. The number of benzene rings is 1. The number of halogens is 1. The molecule has 0 radical (unpaired) electrons. The van der Waals surface area contributed by atoms with E-state index >= 15 is 0 Å². The monoisotopic (exact) mass is 337 g/mol. The summed E-state index contributed by atoms with van der Waals surface area (Å²) in [7, 11) is 5.69. The fourth-order valence-corrected chi connectivity index (χ4v) is 3.38. The van der Waals surface area contributed by atoms with Gasteiger partial charge in [-0.05, 0) is 51.7 Å². The van der Waals surface area contributed by atoms with Gasteiger partial charge < -0.3 is 14.9 Å². The molecule has 134 valence electrons. The highest BCUT2D eigenvalue weighted by atomic mass is 19.1. The smallest absolute Gasteiger partial charge is 0.244 e. The van der Waals surface area contributed by atoms with Gasteiger partial charge in [0.25, 0.3) is 0 Å². The van der Waals surface area contributed by atoms with Crippen molar-refractivity contribution in [2.24, 2.45) is 0 Å². The number of piperidine rings is 1. The van der Waals surface area contributed by atoms with Gasteiger partial charge in [0, 0.05) is 25.7 Å². The molecule has 24 heavy (non-hydrogen) atoms. The summed E-state index contributed by atoms with van der Waals surface area (Å²) in [4.78, 5) is 18.8. The third kappa shape index (κ3) is 4.53. The maximum Gasteiger partial charge on any atom is 0.244 e. The van der Waals surface area contributed by atoms with Crippen LogP contribution in [0.3, 0.4) is 0 Å². The molecule has 6 heteroatoms. The molecule has 0 spiro atoms. The van der Waals surface area contributed by atoms with Crippen LogP contribution in [0.25, 0.3) is 0 Å². The largest absolute Gasteiger partial charge is 0.395 e. The van der Waals surface area contributed by atoms with E-state index in [2.05, 4.69) is 4.90 Å². The Balaban J connectivity index is 2.04. The van der Waals surface area contributed by atoms with Crippen LogP contribution in [0.15, 0.2) is 24.3 Å². The minimum atomic E-state index is -0.465. The number of aliphatic hydroxyl groups excluding tert-OH is 1. The molecule has 0 aromatic heterocycles. The number of rotatable bonds is 6. The molecule has 0 saturated carbocycles. The Kier molecular flexibility index (Phi) is 6.71. The predicted octanol–water partition coefficient (Wildman–Crippen LogP) is 1.34. The number of carbonyl (C=O) groups is 1. The second-order valence-corrected chi connectivity index (χ2v) is 6.68. The molecule has 1 fully saturated rings. The summed E-state index contributed by atoms with van der Waals surface area (Å²) >= 11 is 0. The average Bonchev–Trinajstić information content (AvgIpc) is 2.55. The summed E-state index contributed by atoms with van der Waals surface area (Å²) in [6.07, 6.45) is 1.79. The Morgan fingerprint density at radius 1 is 1.33 bits per heavy atom. The van der Waals surface area contributed by atoms with Crippen molar-refractivity contribution in [3.05, 3.63) is 35.6 Å². The van der Waals surface area contributed by atoms with E-state index in [9.17, 15) is 9.18 Å². The summed E-state index contributed by atoms with van der Waals surface area (Å²) in [6, 6.07) is 6.20. The molecule has 1 heterocycles. The lowest BCUT2D eigenvalue weighted by Gasteiger charge is -2.39. The van der Waals surface area contributed by atoms with E-state index in [0.29, 0.717) is 31.2 Å². The molecule has 1 aliphatic heterocycles. The molecule has 1 amide bonds. The lowest BCUT2D eigenvalue weighted by molar-refractivity contribution is -0.138. The molecule has 1 aromatic carbocycles. The van der Waals surface area contributed by atoms with Gasteiger partial charge >= 0.3 is 0 Å². The van der Waals surface area contributed by atoms with Gasteiger partial charge in [-0.15, -0.1) is 0 Å². The van der Waals surface area contributed by atoms with Gasteiger partial charge in [-0.2, -0.15) is 0 Å². The van der Waals surface area contributed by atoms with Gasteiger partial charge in [0.2, 0.25) is 5.91 Å². The van der Waals surface area contributed by atoms with E-state index in [4.69, 9.17) is 5.11 Å². The second kappa shape index (κ2) is 8.55. The first-order chi connectivity index (χ1) is 11.4. The van der Waals surface area contributed by atoms with Crippen LogP contribution in [0.2, 0.25) is 0 Å². The lowest BCUT2D eigenvalue weighted by Crippen LogP contribution is -2.49. The molecule has 1 aliphatic rings. The van der Waals surface area contributed by atoms with Crippen LogP contribution in [-0.2, 0) is 4.79 Å². The van der Waals surface area contributed by atoms with Crippen molar-refractivity contribution in [3.63, 3.8) is 0 Å². The molecule has 5 nitrogen and oxygen atoms in total. The third-order valence-corrected chi connectivity index (χ3v) is 4.77. The first kappa shape index (κ1) is 18.8. The fraction of sp³-hybridized carbons (Fsp3) is 0.611. The zero-order valence-corrected chi connectivity index (χ0v) is 14.8.